The number of hydrogen-bond donors (Lipinski definition) is 0. The van der Waals surface area contributed by atoms with E-state index in [1.807, 2.05) is 0 Å². The Balaban J connectivity index is 2.19. The molecule has 3 aromatic rings. The number of carbonyl (C=O) groups is 2. The predicted octanol–water partition coefficient (Wildman–Crippen LogP) is 2.57. The van der Waals surface area contributed by atoms with E-state index in [1.165, 1.54) is 0 Å². The van der Waals surface area contributed by atoms with Crippen LogP contribution in [0.1, 0.15) is 32.0 Å². The molecule has 21 heavy (non-hydrogen) atoms. The smallest absolute Gasteiger partial charge is 0.344 e. The summed E-state index contributed by atoms with van der Waals surface area (Å²) in [4.78, 5) is 37.1. The van der Waals surface area contributed by atoms with Gasteiger partial charge in [0.05, 0.1) is 10.9 Å². The Morgan fingerprint density at radius 1 is 0.667 bits per heavy atom. The summed E-state index contributed by atoms with van der Waals surface area (Å²) in [6, 6.07) is 13.2. The van der Waals surface area contributed by atoms with Gasteiger partial charge in [-0.05, 0) is 6.07 Å². The number of hydrogen-bond acceptors (Lipinski definition) is 4. The lowest BCUT2D eigenvalue weighted by atomic mass is 9.86. The minimum Gasteiger partial charge on any atom is -0.418 e. The van der Waals surface area contributed by atoms with Gasteiger partial charge in [-0.3, -0.25) is 9.59 Å². The van der Waals surface area contributed by atoms with Crippen LogP contribution in [0.25, 0.3) is 10.8 Å². The van der Waals surface area contributed by atoms with Crippen LogP contribution in [0.4, 0.5) is 0 Å². The van der Waals surface area contributed by atoms with Crippen LogP contribution in [-0.2, 0) is 0 Å². The zero-order chi connectivity index (χ0) is 14.6. The topological polar surface area (TPSA) is 64.3 Å². The van der Waals surface area contributed by atoms with E-state index in [-0.39, 0.29) is 22.7 Å². The van der Waals surface area contributed by atoms with Gasteiger partial charge < -0.3 is 4.42 Å². The largest absolute Gasteiger partial charge is 0.418 e. The van der Waals surface area contributed by atoms with E-state index in [4.69, 9.17) is 4.42 Å². The first-order chi connectivity index (χ1) is 10.2. The molecule has 1 aliphatic rings. The summed E-state index contributed by atoms with van der Waals surface area (Å²) in [5, 5.41) is 0.758. The van der Waals surface area contributed by atoms with Crippen molar-refractivity contribution >= 4 is 22.3 Å². The molecule has 4 rings (SSSR count). The summed E-state index contributed by atoms with van der Waals surface area (Å²) >= 11 is 0. The number of benzene rings is 2. The third-order valence-electron chi connectivity index (χ3n) is 3.69. The van der Waals surface area contributed by atoms with Crippen molar-refractivity contribution in [3.8, 4) is 0 Å². The molecule has 0 bridgehead atoms. The summed E-state index contributed by atoms with van der Waals surface area (Å²) < 4.78 is 5.13. The molecule has 1 aliphatic carbocycles. The van der Waals surface area contributed by atoms with Crippen molar-refractivity contribution in [3.05, 3.63) is 81.4 Å². The van der Waals surface area contributed by atoms with E-state index < -0.39 is 11.4 Å². The van der Waals surface area contributed by atoms with E-state index in [0.717, 1.165) is 0 Å². The minimum atomic E-state index is -0.607. The average molecular weight is 276 g/mol. The first kappa shape index (κ1) is 11.8. The van der Waals surface area contributed by atoms with Crippen LogP contribution >= 0.6 is 0 Å². The van der Waals surface area contributed by atoms with Crippen molar-refractivity contribution < 1.29 is 14.0 Å². The van der Waals surface area contributed by atoms with Gasteiger partial charge >= 0.3 is 5.63 Å². The first-order valence-electron chi connectivity index (χ1n) is 6.43. The molecule has 0 radical (unpaired) electrons. The van der Waals surface area contributed by atoms with E-state index in [1.54, 1.807) is 48.5 Å². The lowest BCUT2D eigenvalue weighted by Gasteiger charge is -2.17. The fraction of sp³-hybridized carbons (Fsp3) is 0. The molecular weight excluding hydrogens is 268 g/mol. The summed E-state index contributed by atoms with van der Waals surface area (Å²) in [7, 11) is 0. The van der Waals surface area contributed by atoms with E-state index >= 15 is 0 Å². The van der Waals surface area contributed by atoms with Crippen LogP contribution in [0.3, 0.4) is 0 Å². The standard InChI is InChI=1S/C17H8O4/c18-14-10-6-2-3-7-11(10)15(19)16-13(14)9-5-1-4-8-12(9)17(20)21-16/h1-8H. The molecule has 0 amide bonds. The fourth-order valence-electron chi connectivity index (χ4n) is 2.72. The van der Waals surface area contributed by atoms with Crippen molar-refractivity contribution in [1.82, 2.24) is 0 Å². The van der Waals surface area contributed by atoms with Gasteiger partial charge in [0.25, 0.3) is 0 Å². The second-order valence-electron chi connectivity index (χ2n) is 4.84. The Hall–Kier alpha value is -3.01. The van der Waals surface area contributed by atoms with Crippen LogP contribution in [0, 0.1) is 0 Å². The van der Waals surface area contributed by atoms with Gasteiger partial charge in [-0.1, -0.05) is 42.5 Å². The van der Waals surface area contributed by atoms with Gasteiger partial charge in [0, 0.05) is 16.5 Å². The van der Waals surface area contributed by atoms with Gasteiger partial charge in [-0.2, -0.15) is 0 Å². The monoisotopic (exact) mass is 276 g/mol. The molecule has 100 valence electrons. The van der Waals surface area contributed by atoms with E-state index in [2.05, 4.69) is 0 Å². The number of ketones is 2. The molecule has 1 aromatic heterocycles. The fourth-order valence-corrected chi connectivity index (χ4v) is 2.72. The number of fused-ring (bicyclic) bond motifs is 4. The molecule has 2 aromatic carbocycles. The first-order valence-corrected chi connectivity index (χ1v) is 6.43. The Morgan fingerprint density at radius 2 is 1.24 bits per heavy atom. The van der Waals surface area contributed by atoms with Crippen LogP contribution < -0.4 is 5.63 Å². The van der Waals surface area contributed by atoms with Gasteiger partial charge in [0.15, 0.2) is 11.5 Å². The molecular formula is C17H8O4. The van der Waals surface area contributed by atoms with Crippen LogP contribution in [0.2, 0.25) is 0 Å². The molecule has 0 fully saturated rings. The molecule has 4 nitrogen and oxygen atoms in total. The molecule has 1 heterocycles. The summed E-state index contributed by atoms with van der Waals surface area (Å²) in [6.45, 7) is 0. The second-order valence-corrected chi connectivity index (χ2v) is 4.84. The Bertz CT molecular complexity index is 995. The van der Waals surface area contributed by atoms with E-state index in [9.17, 15) is 14.4 Å². The van der Waals surface area contributed by atoms with Crippen molar-refractivity contribution in [2.24, 2.45) is 0 Å². The molecule has 0 N–H and O–H groups in total. The van der Waals surface area contributed by atoms with Crippen molar-refractivity contribution in [3.63, 3.8) is 0 Å². The molecule has 0 saturated heterocycles. The normalized spacial score (nSPS) is 13.1. The predicted molar refractivity (Wildman–Crippen MR) is 75.8 cm³/mol. The third kappa shape index (κ3) is 1.47. The van der Waals surface area contributed by atoms with Crippen LogP contribution in [-0.4, -0.2) is 11.6 Å². The summed E-state index contributed by atoms with van der Waals surface area (Å²) in [5.74, 6) is -0.884. The highest BCUT2D eigenvalue weighted by Crippen LogP contribution is 2.30. The van der Waals surface area contributed by atoms with Crippen molar-refractivity contribution in [2.45, 2.75) is 0 Å². The van der Waals surface area contributed by atoms with Crippen LogP contribution in [0.5, 0.6) is 0 Å². The molecule has 0 aliphatic heterocycles. The highest BCUT2D eigenvalue weighted by molar-refractivity contribution is 6.30. The second kappa shape index (κ2) is 3.99. The van der Waals surface area contributed by atoms with Gasteiger partial charge in [0.1, 0.15) is 0 Å². The molecule has 4 heteroatoms. The van der Waals surface area contributed by atoms with Crippen molar-refractivity contribution in [2.75, 3.05) is 0 Å². The summed E-state index contributed by atoms with van der Waals surface area (Å²) in [5.41, 5.74) is 0.182. The molecule has 0 atom stereocenters. The highest BCUT2D eigenvalue weighted by Gasteiger charge is 2.33. The zero-order valence-corrected chi connectivity index (χ0v) is 10.8. The summed E-state index contributed by atoms with van der Waals surface area (Å²) in [6.07, 6.45) is 0. The van der Waals surface area contributed by atoms with Crippen LogP contribution in [0.15, 0.2) is 57.7 Å². The quantitative estimate of drug-likeness (QED) is 0.495. The number of rotatable bonds is 0. The van der Waals surface area contributed by atoms with Gasteiger partial charge in [0.2, 0.25) is 5.78 Å². The highest BCUT2D eigenvalue weighted by atomic mass is 16.4. The molecule has 0 saturated carbocycles. The average Bonchev–Trinajstić information content (AvgIpc) is 2.53. The number of carbonyl (C=O) groups excluding carboxylic acids is 2. The Kier molecular flexibility index (Phi) is 2.24. The SMILES string of the molecule is O=C1c2ccccc2C(=O)c2c1oc(=O)c1ccccc21. The van der Waals surface area contributed by atoms with Crippen molar-refractivity contribution in [1.29, 1.82) is 0 Å². The molecule has 0 spiro atoms. The minimum absolute atomic E-state index is 0.164. The maximum atomic E-state index is 12.7. The maximum absolute atomic E-state index is 12.7. The van der Waals surface area contributed by atoms with Gasteiger partial charge in [-0.15, -0.1) is 0 Å². The zero-order valence-electron chi connectivity index (χ0n) is 10.8. The lowest BCUT2D eigenvalue weighted by molar-refractivity contribution is 0.0955. The third-order valence-corrected chi connectivity index (χ3v) is 3.69. The lowest BCUT2D eigenvalue weighted by Crippen LogP contribution is -2.23. The Labute approximate surface area is 118 Å². The van der Waals surface area contributed by atoms with E-state index in [0.29, 0.717) is 16.3 Å². The van der Waals surface area contributed by atoms with Gasteiger partial charge in [-0.25, -0.2) is 4.79 Å². The Morgan fingerprint density at radius 3 is 1.95 bits per heavy atom. The maximum Gasteiger partial charge on any atom is 0.344 e. The molecule has 0 unspecified atom stereocenters.